The molecular formula is C19H18F2O. The van der Waals surface area contributed by atoms with Gasteiger partial charge in [0.15, 0.2) is 11.6 Å². The van der Waals surface area contributed by atoms with Gasteiger partial charge in [-0.15, -0.1) is 0 Å². The summed E-state index contributed by atoms with van der Waals surface area (Å²) in [4.78, 5) is 0. The van der Waals surface area contributed by atoms with E-state index >= 15 is 0 Å². The zero-order valence-electron chi connectivity index (χ0n) is 12.7. The standard InChI is InChI=1S/C19H18F2O/c1-5-14-6-8-16(17(20)10-14)15-7-9-19(18(21)11-15)22-13(4)12(2)3/h6-11H,2,4-5H2,1,3H3. The van der Waals surface area contributed by atoms with Crippen LogP contribution >= 0.6 is 0 Å². The van der Waals surface area contributed by atoms with Crippen molar-refractivity contribution in [2.24, 2.45) is 0 Å². The molecule has 0 aliphatic rings. The molecule has 0 bridgehead atoms. The van der Waals surface area contributed by atoms with E-state index in [-0.39, 0.29) is 11.6 Å². The lowest BCUT2D eigenvalue weighted by atomic mass is 10.0. The van der Waals surface area contributed by atoms with Gasteiger partial charge in [-0.25, -0.2) is 8.78 Å². The smallest absolute Gasteiger partial charge is 0.166 e. The Balaban J connectivity index is 2.33. The highest BCUT2D eigenvalue weighted by atomic mass is 19.1. The van der Waals surface area contributed by atoms with E-state index in [4.69, 9.17) is 4.74 Å². The van der Waals surface area contributed by atoms with E-state index in [1.165, 1.54) is 18.2 Å². The lowest BCUT2D eigenvalue weighted by Gasteiger charge is -2.11. The van der Waals surface area contributed by atoms with Gasteiger partial charge < -0.3 is 4.74 Å². The van der Waals surface area contributed by atoms with Crippen molar-refractivity contribution in [3.8, 4) is 16.9 Å². The molecule has 3 heteroatoms. The van der Waals surface area contributed by atoms with E-state index < -0.39 is 5.82 Å². The van der Waals surface area contributed by atoms with Crippen LogP contribution in [0.2, 0.25) is 0 Å². The Bertz CT molecular complexity index is 732. The summed E-state index contributed by atoms with van der Waals surface area (Å²) in [5.41, 5.74) is 2.34. The van der Waals surface area contributed by atoms with Crippen molar-refractivity contribution < 1.29 is 13.5 Å². The second-order valence-corrected chi connectivity index (χ2v) is 5.12. The third-order valence-corrected chi connectivity index (χ3v) is 3.39. The number of aryl methyl sites for hydroxylation is 1. The topological polar surface area (TPSA) is 9.23 Å². The molecule has 0 saturated carbocycles. The first-order valence-corrected chi connectivity index (χ1v) is 7.03. The van der Waals surface area contributed by atoms with Gasteiger partial charge in [-0.1, -0.05) is 38.3 Å². The van der Waals surface area contributed by atoms with Crippen molar-refractivity contribution in [3.63, 3.8) is 0 Å². The number of hydrogen-bond donors (Lipinski definition) is 0. The van der Waals surface area contributed by atoms with Gasteiger partial charge in [0.2, 0.25) is 0 Å². The van der Waals surface area contributed by atoms with E-state index in [0.29, 0.717) is 22.5 Å². The van der Waals surface area contributed by atoms with Crippen molar-refractivity contribution in [2.45, 2.75) is 20.3 Å². The fraction of sp³-hybridized carbons (Fsp3) is 0.158. The Kier molecular flexibility index (Phi) is 4.76. The molecule has 0 unspecified atom stereocenters. The van der Waals surface area contributed by atoms with Crippen LogP contribution in [0.1, 0.15) is 19.4 Å². The number of benzene rings is 2. The summed E-state index contributed by atoms with van der Waals surface area (Å²) in [5.74, 6) is -0.593. The Labute approximate surface area is 129 Å². The van der Waals surface area contributed by atoms with E-state index in [1.54, 1.807) is 19.1 Å². The molecule has 0 aliphatic heterocycles. The molecule has 0 amide bonds. The lowest BCUT2D eigenvalue weighted by Crippen LogP contribution is -1.97. The van der Waals surface area contributed by atoms with E-state index in [2.05, 4.69) is 13.2 Å². The first-order chi connectivity index (χ1) is 10.4. The summed E-state index contributed by atoms with van der Waals surface area (Å²) in [6.45, 7) is 11.0. The Morgan fingerprint density at radius 3 is 2.32 bits per heavy atom. The van der Waals surface area contributed by atoms with Gasteiger partial charge in [0, 0.05) is 5.56 Å². The quantitative estimate of drug-likeness (QED) is 0.511. The molecule has 0 spiro atoms. The Hall–Kier alpha value is -2.42. The van der Waals surface area contributed by atoms with Crippen LogP contribution in [0.4, 0.5) is 8.78 Å². The predicted octanol–water partition coefficient (Wildman–Crippen LogP) is 5.66. The SMILES string of the molecule is C=C(C)C(=C)Oc1ccc(-c2ccc(CC)cc2F)cc1F. The average molecular weight is 300 g/mol. The average Bonchev–Trinajstić information content (AvgIpc) is 2.49. The number of rotatable bonds is 5. The maximum absolute atomic E-state index is 14.1. The van der Waals surface area contributed by atoms with Crippen LogP contribution in [0.15, 0.2) is 60.9 Å². The molecule has 0 radical (unpaired) electrons. The minimum Gasteiger partial charge on any atom is -0.455 e. The lowest BCUT2D eigenvalue weighted by molar-refractivity contribution is 0.408. The Morgan fingerprint density at radius 2 is 1.77 bits per heavy atom. The minimum atomic E-state index is -0.570. The van der Waals surface area contributed by atoms with Gasteiger partial charge in [0.25, 0.3) is 0 Å². The minimum absolute atomic E-state index is 0.0438. The highest BCUT2D eigenvalue weighted by molar-refractivity contribution is 5.65. The normalized spacial score (nSPS) is 10.4. The molecule has 0 aliphatic carbocycles. The van der Waals surface area contributed by atoms with Crippen molar-refractivity contribution in [2.75, 3.05) is 0 Å². The van der Waals surface area contributed by atoms with Crippen LogP contribution in [0.3, 0.4) is 0 Å². The van der Waals surface area contributed by atoms with E-state index in [1.807, 2.05) is 13.0 Å². The third kappa shape index (κ3) is 3.42. The summed E-state index contributed by atoms with van der Waals surface area (Å²) in [6.07, 6.45) is 0.751. The fourth-order valence-electron chi connectivity index (χ4n) is 1.98. The van der Waals surface area contributed by atoms with Crippen LogP contribution in [-0.2, 0) is 6.42 Å². The van der Waals surface area contributed by atoms with Gasteiger partial charge in [-0.2, -0.15) is 0 Å². The number of hydrogen-bond acceptors (Lipinski definition) is 1. The van der Waals surface area contributed by atoms with Crippen LogP contribution in [0, 0.1) is 11.6 Å². The summed E-state index contributed by atoms with van der Waals surface area (Å²) in [7, 11) is 0. The molecular weight excluding hydrogens is 282 g/mol. The maximum Gasteiger partial charge on any atom is 0.166 e. The van der Waals surface area contributed by atoms with Crippen molar-refractivity contribution in [1.29, 1.82) is 0 Å². The molecule has 114 valence electrons. The van der Waals surface area contributed by atoms with Crippen LogP contribution in [0.5, 0.6) is 5.75 Å². The molecule has 0 N–H and O–H groups in total. The van der Waals surface area contributed by atoms with Gasteiger partial charge in [0.1, 0.15) is 11.6 Å². The molecule has 0 atom stereocenters. The van der Waals surface area contributed by atoms with Crippen LogP contribution in [-0.4, -0.2) is 0 Å². The summed E-state index contributed by atoms with van der Waals surface area (Å²) < 4.78 is 33.5. The van der Waals surface area contributed by atoms with Crippen LogP contribution < -0.4 is 4.74 Å². The second-order valence-electron chi connectivity index (χ2n) is 5.12. The van der Waals surface area contributed by atoms with Gasteiger partial charge in [-0.05, 0) is 48.2 Å². The zero-order chi connectivity index (χ0) is 16.3. The predicted molar refractivity (Wildman–Crippen MR) is 85.8 cm³/mol. The number of ether oxygens (including phenoxy) is 1. The monoisotopic (exact) mass is 300 g/mol. The van der Waals surface area contributed by atoms with E-state index in [9.17, 15) is 8.78 Å². The van der Waals surface area contributed by atoms with Crippen LogP contribution in [0.25, 0.3) is 11.1 Å². The molecule has 22 heavy (non-hydrogen) atoms. The zero-order valence-corrected chi connectivity index (χ0v) is 12.7. The molecule has 2 aromatic rings. The maximum atomic E-state index is 14.1. The molecule has 0 aromatic heterocycles. The first-order valence-electron chi connectivity index (χ1n) is 7.03. The van der Waals surface area contributed by atoms with Gasteiger partial charge in [-0.3, -0.25) is 0 Å². The van der Waals surface area contributed by atoms with Crippen molar-refractivity contribution in [3.05, 3.63) is 78.1 Å². The highest BCUT2D eigenvalue weighted by Crippen LogP contribution is 2.29. The highest BCUT2D eigenvalue weighted by Gasteiger charge is 2.11. The summed E-state index contributed by atoms with van der Waals surface area (Å²) in [6, 6.07) is 9.31. The van der Waals surface area contributed by atoms with Gasteiger partial charge in [0.05, 0.1) is 0 Å². The van der Waals surface area contributed by atoms with Gasteiger partial charge >= 0.3 is 0 Å². The summed E-state index contributed by atoms with van der Waals surface area (Å²) in [5, 5.41) is 0. The third-order valence-electron chi connectivity index (χ3n) is 3.39. The fourth-order valence-corrected chi connectivity index (χ4v) is 1.98. The number of allylic oxidation sites excluding steroid dienone is 1. The van der Waals surface area contributed by atoms with Crippen molar-refractivity contribution in [1.82, 2.24) is 0 Å². The second kappa shape index (κ2) is 6.56. The van der Waals surface area contributed by atoms with E-state index in [0.717, 1.165) is 12.0 Å². The largest absolute Gasteiger partial charge is 0.455 e. The molecule has 1 nitrogen and oxygen atoms in total. The molecule has 0 fully saturated rings. The summed E-state index contributed by atoms with van der Waals surface area (Å²) >= 11 is 0. The van der Waals surface area contributed by atoms with Crippen molar-refractivity contribution >= 4 is 0 Å². The number of halogens is 2. The molecule has 0 saturated heterocycles. The molecule has 0 heterocycles. The Morgan fingerprint density at radius 1 is 1.05 bits per heavy atom. The first kappa shape index (κ1) is 16.0. The molecule has 2 aromatic carbocycles. The molecule has 2 rings (SSSR count).